The predicted molar refractivity (Wildman–Crippen MR) is 203 cm³/mol. The van der Waals surface area contributed by atoms with Gasteiger partial charge in [-0.25, -0.2) is 15.0 Å². The zero-order chi connectivity index (χ0) is 37.9. The van der Waals surface area contributed by atoms with E-state index in [1.54, 1.807) is 53.6 Å². The number of aryl methyl sites for hydroxylation is 1. The number of nitrogens with zero attached hydrogens (tertiary/aromatic N) is 7. The minimum absolute atomic E-state index is 0.116. The van der Waals surface area contributed by atoms with Gasteiger partial charge in [-0.3, -0.25) is 19.1 Å². The Morgan fingerprint density at radius 2 is 1.75 bits per heavy atom. The second-order valence-electron chi connectivity index (χ2n) is 12.5. The van der Waals surface area contributed by atoms with E-state index in [4.69, 9.17) is 18.7 Å². The molecule has 0 aliphatic carbocycles. The molecule has 0 fully saturated rings. The molecular formula is C39H41N9O5. The highest BCUT2D eigenvalue weighted by atomic mass is 16.5. The number of furan rings is 1. The van der Waals surface area contributed by atoms with E-state index in [-0.39, 0.29) is 11.9 Å². The molecule has 2 N–H and O–H groups in total. The van der Waals surface area contributed by atoms with Crippen LogP contribution in [0.5, 0.6) is 11.6 Å². The van der Waals surface area contributed by atoms with Gasteiger partial charge in [-0.15, -0.1) is 0 Å². The van der Waals surface area contributed by atoms with Crippen LogP contribution in [-0.2, 0) is 28.0 Å². The SMILES string of the molecule is C/C(=C\N(c1ccccn1)C(C)C)C(=O)Nc1ccc(Oc2ncnc3oc(-c4cnn(C)c4)c(-c4cccc(CN(C)C)c4)c23)cc1.O=CNC=O. The van der Waals surface area contributed by atoms with Gasteiger partial charge >= 0.3 is 0 Å². The number of rotatable bonds is 13. The van der Waals surface area contributed by atoms with Crippen LogP contribution in [0.2, 0.25) is 0 Å². The van der Waals surface area contributed by atoms with Gasteiger partial charge in [-0.2, -0.15) is 5.10 Å². The first-order valence-electron chi connectivity index (χ1n) is 16.7. The second-order valence-corrected chi connectivity index (χ2v) is 12.5. The summed E-state index contributed by atoms with van der Waals surface area (Å²) in [5.74, 6) is 2.08. The normalized spacial score (nSPS) is 11.2. The summed E-state index contributed by atoms with van der Waals surface area (Å²) in [6.07, 6.45) is 9.28. The highest BCUT2D eigenvalue weighted by Crippen LogP contribution is 2.44. The monoisotopic (exact) mass is 715 g/mol. The van der Waals surface area contributed by atoms with Crippen LogP contribution >= 0.6 is 0 Å². The minimum atomic E-state index is -0.217. The van der Waals surface area contributed by atoms with Crippen LogP contribution in [0.3, 0.4) is 0 Å². The van der Waals surface area contributed by atoms with Crippen molar-refractivity contribution in [1.29, 1.82) is 0 Å². The Bertz CT molecular complexity index is 2190. The molecule has 0 spiro atoms. The molecule has 0 atom stereocenters. The Labute approximate surface area is 307 Å². The average molecular weight is 716 g/mol. The molecule has 4 aromatic heterocycles. The van der Waals surface area contributed by atoms with Gasteiger partial charge in [0.15, 0.2) is 0 Å². The molecule has 3 amide bonds. The lowest BCUT2D eigenvalue weighted by Crippen LogP contribution is -2.27. The molecule has 53 heavy (non-hydrogen) atoms. The Morgan fingerprint density at radius 1 is 0.981 bits per heavy atom. The number of benzene rings is 2. The van der Waals surface area contributed by atoms with Crippen molar-refractivity contribution in [1.82, 2.24) is 34.9 Å². The summed E-state index contributed by atoms with van der Waals surface area (Å²) in [6, 6.07) is 21.3. The van der Waals surface area contributed by atoms with Crippen molar-refractivity contribution >= 4 is 41.3 Å². The van der Waals surface area contributed by atoms with Crippen LogP contribution in [-0.4, -0.2) is 68.5 Å². The summed E-state index contributed by atoms with van der Waals surface area (Å²) >= 11 is 0. The predicted octanol–water partition coefficient (Wildman–Crippen LogP) is 6.19. The van der Waals surface area contributed by atoms with Crippen LogP contribution in [0.1, 0.15) is 26.3 Å². The van der Waals surface area contributed by atoms with Crippen molar-refractivity contribution in [3.8, 4) is 34.1 Å². The standard InChI is InChI=1S/C37H38N8O3.C2H3NO2/c1-24(2)45(31-12-7-8-17-38-31)20-25(3)35(46)42-29-13-15-30(16-14-29)47-36-33-32(27-11-9-10-26(18-27)21-43(4)5)34(28-19-41-44(6)22-28)48-37(33)40-23-39-36;4-1-3-2-5/h7-20,22-24H,21H2,1-6H3,(H,42,46);1-2H,(H,3,4,5)/b25-20+;. The van der Waals surface area contributed by atoms with E-state index in [9.17, 15) is 4.79 Å². The number of pyridine rings is 1. The summed E-state index contributed by atoms with van der Waals surface area (Å²) < 4.78 is 14.4. The molecule has 0 unspecified atom stereocenters. The van der Waals surface area contributed by atoms with Gasteiger partial charge < -0.3 is 29.6 Å². The number of fused-ring (bicyclic) bond motifs is 1. The Hall–Kier alpha value is -6.67. The van der Waals surface area contributed by atoms with E-state index >= 15 is 0 Å². The number of carbonyl (C=O) groups excluding carboxylic acids is 3. The summed E-state index contributed by atoms with van der Waals surface area (Å²) in [6.45, 7) is 6.66. The van der Waals surface area contributed by atoms with Gasteiger partial charge in [0, 0.05) is 55.1 Å². The lowest BCUT2D eigenvalue weighted by atomic mass is 9.99. The van der Waals surface area contributed by atoms with E-state index in [0.29, 0.717) is 52.6 Å². The Morgan fingerprint density at radius 3 is 2.38 bits per heavy atom. The molecule has 0 saturated carbocycles. The number of aromatic nitrogens is 5. The smallest absolute Gasteiger partial charge is 0.252 e. The summed E-state index contributed by atoms with van der Waals surface area (Å²) in [4.78, 5) is 48.7. The lowest BCUT2D eigenvalue weighted by molar-refractivity contribution is -0.117. The fraction of sp³-hybridized carbons (Fsp3) is 0.205. The fourth-order valence-electron chi connectivity index (χ4n) is 5.42. The number of imide groups is 1. The first kappa shape index (κ1) is 37.6. The summed E-state index contributed by atoms with van der Waals surface area (Å²) in [7, 11) is 5.95. The molecule has 0 radical (unpaired) electrons. The lowest BCUT2D eigenvalue weighted by Gasteiger charge is -2.24. The van der Waals surface area contributed by atoms with Crippen LogP contribution < -0.4 is 20.3 Å². The van der Waals surface area contributed by atoms with E-state index in [1.807, 2.05) is 68.8 Å². The van der Waals surface area contributed by atoms with Crippen LogP contribution in [0.25, 0.3) is 33.6 Å². The minimum Gasteiger partial charge on any atom is -0.438 e. The maximum atomic E-state index is 13.1. The number of carbonyl (C=O) groups is 3. The molecule has 6 rings (SSSR count). The quantitative estimate of drug-likeness (QED) is 0.104. The average Bonchev–Trinajstić information content (AvgIpc) is 3.76. The molecule has 0 bridgehead atoms. The number of nitrogens with one attached hydrogen (secondary N) is 2. The van der Waals surface area contributed by atoms with Crippen molar-refractivity contribution in [2.24, 2.45) is 7.05 Å². The van der Waals surface area contributed by atoms with E-state index in [1.165, 1.54) is 6.33 Å². The molecule has 4 heterocycles. The van der Waals surface area contributed by atoms with Crippen LogP contribution in [0.15, 0.2) is 108 Å². The maximum Gasteiger partial charge on any atom is 0.252 e. The summed E-state index contributed by atoms with van der Waals surface area (Å²) in [5, 5.41) is 9.74. The van der Waals surface area contributed by atoms with Crippen LogP contribution in [0, 0.1) is 0 Å². The molecule has 6 aromatic rings. The number of anilines is 2. The molecule has 272 valence electrons. The zero-order valence-electron chi connectivity index (χ0n) is 30.3. The number of ether oxygens (including phenoxy) is 1. The van der Waals surface area contributed by atoms with Crippen molar-refractivity contribution < 1.29 is 23.5 Å². The number of hydrogen-bond acceptors (Lipinski definition) is 11. The van der Waals surface area contributed by atoms with Crippen molar-refractivity contribution in [2.75, 3.05) is 24.3 Å². The fourth-order valence-corrected chi connectivity index (χ4v) is 5.42. The first-order chi connectivity index (χ1) is 25.6. The molecule has 14 nitrogen and oxygen atoms in total. The van der Waals surface area contributed by atoms with Crippen molar-refractivity contribution in [2.45, 2.75) is 33.4 Å². The maximum absolute atomic E-state index is 13.1. The molecule has 0 aliphatic rings. The second kappa shape index (κ2) is 17.5. The third-order valence-corrected chi connectivity index (χ3v) is 7.76. The largest absolute Gasteiger partial charge is 0.438 e. The van der Waals surface area contributed by atoms with E-state index in [2.05, 4.69) is 56.2 Å². The Balaban J connectivity index is 0.00000101. The van der Waals surface area contributed by atoms with Gasteiger partial charge in [-0.1, -0.05) is 24.3 Å². The number of amides is 3. The van der Waals surface area contributed by atoms with Crippen molar-refractivity contribution in [3.05, 3.63) is 109 Å². The molecule has 2 aromatic carbocycles. The molecule has 0 aliphatic heterocycles. The zero-order valence-corrected chi connectivity index (χ0v) is 30.3. The third kappa shape index (κ3) is 9.56. The van der Waals surface area contributed by atoms with Gasteiger partial charge in [0.25, 0.3) is 5.91 Å². The Kier molecular flexibility index (Phi) is 12.4. The van der Waals surface area contributed by atoms with Gasteiger partial charge in [0.1, 0.15) is 29.0 Å². The highest BCUT2D eigenvalue weighted by molar-refractivity contribution is 6.04. The molecule has 0 saturated heterocycles. The van der Waals surface area contributed by atoms with Crippen LogP contribution in [0.4, 0.5) is 11.5 Å². The highest BCUT2D eigenvalue weighted by Gasteiger charge is 2.24. The van der Waals surface area contributed by atoms with E-state index in [0.717, 1.165) is 34.6 Å². The topological polar surface area (TPSA) is 161 Å². The van der Waals surface area contributed by atoms with Crippen molar-refractivity contribution in [3.63, 3.8) is 0 Å². The van der Waals surface area contributed by atoms with E-state index < -0.39 is 0 Å². The molecular weight excluding hydrogens is 674 g/mol. The van der Waals surface area contributed by atoms with Gasteiger partial charge in [0.05, 0.1) is 11.8 Å². The molecule has 14 heteroatoms. The summed E-state index contributed by atoms with van der Waals surface area (Å²) in [5.41, 5.74) is 5.31. The van der Waals surface area contributed by atoms with Gasteiger partial charge in [-0.05, 0) is 88.5 Å². The number of hydrogen-bond donors (Lipinski definition) is 2. The van der Waals surface area contributed by atoms with Gasteiger partial charge in [0.2, 0.25) is 24.4 Å². The third-order valence-electron chi connectivity index (χ3n) is 7.76. The first-order valence-corrected chi connectivity index (χ1v) is 16.7.